The van der Waals surface area contributed by atoms with Crippen LogP contribution in [-0.2, 0) is 25.7 Å². The molecule has 1 saturated heterocycles. The molecular weight excluding hydrogens is 495 g/mol. The summed E-state index contributed by atoms with van der Waals surface area (Å²) in [5, 5.41) is 15.0. The highest BCUT2D eigenvalue weighted by Gasteiger charge is 2.39. The van der Waals surface area contributed by atoms with Crippen molar-refractivity contribution >= 4 is 29.7 Å². The molecule has 1 aromatic rings. The van der Waals surface area contributed by atoms with Gasteiger partial charge < -0.3 is 31.3 Å². The zero-order chi connectivity index (χ0) is 28.1. The number of ketones is 1. The Balaban J connectivity index is 1.98. The fraction of sp³-hybridized carbons (Fsp3) is 0.577. The number of nitrogens with two attached hydrogens (primary N) is 1. The molecule has 38 heavy (non-hydrogen) atoms. The summed E-state index contributed by atoms with van der Waals surface area (Å²) >= 11 is 0. The monoisotopic (exact) mass is 534 g/mol. The summed E-state index contributed by atoms with van der Waals surface area (Å²) in [7, 11) is 0. The molecule has 210 valence electrons. The Kier molecular flexibility index (Phi) is 12.5. The van der Waals surface area contributed by atoms with Gasteiger partial charge in [0, 0.05) is 13.1 Å². The SMILES string of the molecule is CC(C)[C@H](NC(=O)OCc1ccccc1)C(=O)N1CCC[C@H]1C(=O)N[C@H](CCCCNC(=N)N)C(=O)CF. The third-order valence-electron chi connectivity index (χ3n) is 6.33. The molecule has 1 aliphatic heterocycles. The van der Waals surface area contributed by atoms with E-state index in [1.807, 2.05) is 30.3 Å². The number of amides is 3. The molecule has 0 unspecified atom stereocenters. The molecule has 0 aromatic heterocycles. The first-order valence-electron chi connectivity index (χ1n) is 12.9. The number of alkyl carbamates (subject to hydrolysis) is 1. The molecule has 0 radical (unpaired) electrons. The van der Waals surface area contributed by atoms with Gasteiger partial charge in [-0.3, -0.25) is 19.8 Å². The second-order valence-corrected chi connectivity index (χ2v) is 9.61. The van der Waals surface area contributed by atoms with Crippen molar-refractivity contribution in [1.29, 1.82) is 5.41 Å². The highest BCUT2D eigenvalue weighted by atomic mass is 19.1. The normalized spacial score (nSPS) is 16.4. The van der Waals surface area contributed by atoms with Crippen LogP contribution in [0.15, 0.2) is 30.3 Å². The van der Waals surface area contributed by atoms with Crippen LogP contribution in [0, 0.1) is 11.3 Å². The minimum Gasteiger partial charge on any atom is -0.445 e. The lowest BCUT2D eigenvalue weighted by Crippen LogP contribution is -2.56. The van der Waals surface area contributed by atoms with Gasteiger partial charge in [0.1, 0.15) is 25.4 Å². The average Bonchev–Trinajstić information content (AvgIpc) is 3.39. The lowest BCUT2D eigenvalue weighted by atomic mass is 10.0. The molecule has 12 heteroatoms. The first kappa shape index (κ1) is 30.5. The van der Waals surface area contributed by atoms with Gasteiger partial charge in [0.2, 0.25) is 11.8 Å². The zero-order valence-corrected chi connectivity index (χ0v) is 22.0. The van der Waals surface area contributed by atoms with Crippen LogP contribution in [0.25, 0.3) is 0 Å². The van der Waals surface area contributed by atoms with E-state index in [4.69, 9.17) is 15.9 Å². The van der Waals surface area contributed by atoms with Crippen LogP contribution < -0.4 is 21.7 Å². The van der Waals surface area contributed by atoms with Crippen molar-refractivity contribution in [3.05, 3.63) is 35.9 Å². The molecule has 3 amide bonds. The topological polar surface area (TPSA) is 167 Å². The Morgan fingerprint density at radius 3 is 2.50 bits per heavy atom. The van der Waals surface area contributed by atoms with E-state index in [2.05, 4.69) is 16.0 Å². The number of halogens is 1. The molecule has 0 saturated carbocycles. The summed E-state index contributed by atoms with van der Waals surface area (Å²) in [5.41, 5.74) is 6.04. The standard InChI is InChI=1S/C26H39FN6O5/c1-17(2)22(32-26(37)38-16-18-9-4-3-5-10-18)24(36)33-14-8-12-20(33)23(35)31-19(21(34)15-27)11-6-7-13-30-25(28)29/h3-5,9-10,17,19-20,22H,6-8,11-16H2,1-2H3,(H,31,35)(H,32,37)(H4,28,29,30)/t19-,20+,22+/m1/s1. The van der Waals surface area contributed by atoms with Gasteiger partial charge in [-0.2, -0.15) is 0 Å². The number of hydrogen-bond acceptors (Lipinski definition) is 6. The lowest BCUT2D eigenvalue weighted by molar-refractivity contribution is -0.141. The third kappa shape index (κ3) is 9.64. The van der Waals surface area contributed by atoms with Crippen molar-refractivity contribution in [2.24, 2.45) is 11.7 Å². The number of alkyl halides is 1. The molecule has 1 aliphatic rings. The number of hydrogen-bond donors (Lipinski definition) is 5. The molecule has 2 rings (SSSR count). The minimum absolute atomic E-state index is 0.0508. The first-order valence-corrected chi connectivity index (χ1v) is 12.9. The predicted octanol–water partition coefficient (Wildman–Crippen LogP) is 1.61. The van der Waals surface area contributed by atoms with Gasteiger partial charge in [-0.1, -0.05) is 44.2 Å². The van der Waals surface area contributed by atoms with E-state index in [0.29, 0.717) is 38.8 Å². The highest BCUT2D eigenvalue weighted by Crippen LogP contribution is 2.21. The largest absolute Gasteiger partial charge is 0.445 e. The van der Waals surface area contributed by atoms with E-state index in [1.165, 1.54) is 4.90 Å². The third-order valence-corrected chi connectivity index (χ3v) is 6.33. The van der Waals surface area contributed by atoms with E-state index in [0.717, 1.165) is 5.56 Å². The summed E-state index contributed by atoms with van der Waals surface area (Å²) in [4.78, 5) is 52.5. The number of ether oxygens (including phenoxy) is 1. The number of guanidine groups is 1. The number of nitrogens with one attached hydrogen (secondary N) is 4. The maximum absolute atomic E-state index is 13.4. The smallest absolute Gasteiger partial charge is 0.408 e. The Bertz CT molecular complexity index is 961. The van der Waals surface area contributed by atoms with Gasteiger partial charge >= 0.3 is 6.09 Å². The Labute approximate surface area is 222 Å². The van der Waals surface area contributed by atoms with Crippen LogP contribution in [0.3, 0.4) is 0 Å². The molecule has 3 atom stereocenters. The van der Waals surface area contributed by atoms with E-state index in [9.17, 15) is 23.6 Å². The maximum Gasteiger partial charge on any atom is 0.408 e. The maximum atomic E-state index is 13.4. The summed E-state index contributed by atoms with van der Waals surface area (Å²) < 4.78 is 18.4. The second kappa shape index (κ2) is 15.5. The average molecular weight is 535 g/mol. The molecule has 1 heterocycles. The van der Waals surface area contributed by atoms with Crippen molar-refractivity contribution in [1.82, 2.24) is 20.9 Å². The molecule has 1 fully saturated rings. The van der Waals surface area contributed by atoms with Gasteiger partial charge in [0.05, 0.1) is 6.04 Å². The van der Waals surface area contributed by atoms with Crippen LogP contribution >= 0.6 is 0 Å². The predicted molar refractivity (Wildman–Crippen MR) is 140 cm³/mol. The van der Waals surface area contributed by atoms with Crippen LogP contribution in [0.5, 0.6) is 0 Å². The molecular formula is C26H39FN6O5. The molecule has 0 aliphatic carbocycles. The number of Topliss-reactive ketones (excluding diaryl/α,β-unsaturated/α-hetero) is 1. The number of rotatable bonds is 14. The first-order chi connectivity index (χ1) is 18.1. The van der Waals surface area contributed by atoms with Crippen LogP contribution in [-0.4, -0.2) is 72.4 Å². The Hall–Kier alpha value is -3.70. The summed E-state index contributed by atoms with van der Waals surface area (Å²) in [5.74, 6) is -2.13. The van der Waals surface area contributed by atoms with Crippen LogP contribution in [0.1, 0.15) is 51.5 Å². The van der Waals surface area contributed by atoms with Crippen LogP contribution in [0.2, 0.25) is 0 Å². The molecule has 0 bridgehead atoms. The molecule has 6 N–H and O–H groups in total. The second-order valence-electron chi connectivity index (χ2n) is 9.61. The van der Waals surface area contributed by atoms with Crippen molar-refractivity contribution < 1.29 is 28.3 Å². The fourth-order valence-electron chi connectivity index (χ4n) is 4.26. The number of nitrogens with zero attached hydrogens (tertiary/aromatic N) is 1. The minimum atomic E-state index is -1.21. The van der Waals surface area contributed by atoms with Crippen molar-refractivity contribution in [3.8, 4) is 0 Å². The van der Waals surface area contributed by atoms with Crippen molar-refractivity contribution in [3.63, 3.8) is 0 Å². The molecule has 11 nitrogen and oxygen atoms in total. The molecule has 1 aromatic carbocycles. The summed E-state index contributed by atoms with van der Waals surface area (Å²) in [6.07, 6.45) is 1.51. The summed E-state index contributed by atoms with van der Waals surface area (Å²) in [6, 6.07) is 6.37. The Morgan fingerprint density at radius 1 is 1.16 bits per heavy atom. The summed E-state index contributed by atoms with van der Waals surface area (Å²) in [6.45, 7) is 3.13. The lowest BCUT2D eigenvalue weighted by Gasteiger charge is -2.31. The number of carbonyl (C=O) groups is 4. The van der Waals surface area contributed by atoms with Gasteiger partial charge in [0.25, 0.3) is 0 Å². The highest BCUT2D eigenvalue weighted by molar-refractivity contribution is 5.95. The fourth-order valence-corrected chi connectivity index (χ4v) is 4.26. The quantitative estimate of drug-likeness (QED) is 0.137. The zero-order valence-electron chi connectivity index (χ0n) is 22.0. The van der Waals surface area contributed by atoms with E-state index in [-0.39, 0.29) is 24.9 Å². The van der Waals surface area contributed by atoms with Gasteiger partial charge in [-0.25, -0.2) is 9.18 Å². The number of likely N-dealkylation sites (tertiary alicyclic amines) is 1. The van der Waals surface area contributed by atoms with E-state index < -0.39 is 48.5 Å². The number of benzene rings is 1. The Morgan fingerprint density at radius 2 is 1.87 bits per heavy atom. The number of unbranched alkanes of at least 4 members (excludes halogenated alkanes) is 1. The molecule has 0 spiro atoms. The van der Waals surface area contributed by atoms with Crippen molar-refractivity contribution in [2.45, 2.75) is 70.7 Å². The van der Waals surface area contributed by atoms with E-state index >= 15 is 0 Å². The van der Waals surface area contributed by atoms with Gasteiger partial charge in [0.15, 0.2) is 11.7 Å². The van der Waals surface area contributed by atoms with Gasteiger partial charge in [-0.05, 0) is 43.6 Å². The number of carbonyl (C=O) groups excluding carboxylic acids is 4. The van der Waals surface area contributed by atoms with Crippen molar-refractivity contribution in [2.75, 3.05) is 19.8 Å². The van der Waals surface area contributed by atoms with Crippen LogP contribution in [0.4, 0.5) is 9.18 Å². The van der Waals surface area contributed by atoms with E-state index in [1.54, 1.807) is 13.8 Å². The van der Waals surface area contributed by atoms with Gasteiger partial charge in [-0.15, -0.1) is 0 Å².